The number of nitrogens with zero attached hydrogens (tertiary/aromatic N) is 1. The minimum atomic E-state index is -4.43. The van der Waals surface area contributed by atoms with E-state index in [1.165, 1.54) is 12.1 Å². The van der Waals surface area contributed by atoms with Crippen molar-refractivity contribution in [3.63, 3.8) is 0 Å². The highest BCUT2D eigenvalue weighted by Crippen LogP contribution is 2.34. The van der Waals surface area contributed by atoms with Crippen LogP contribution in [0.15, 0.2) is 66.7 Å². The molecule has 1 N–H and O–H groups in total. The monoisotopic (exact) mass is 482 g/mol. The highest BCUT2D eigenvalue weighted by atomic mass is 19.4. The largest absolute Gasteiger partial charge is 0.443 e. The normalized spacial score (nSPS) is 13.4. The van der Waals surface area contributed by atoms with E-state index in [9.17, 15) is 22.8 Å². The summed E-state index contributed by atoms with van der Waals surface area (Å²) in [5.41, 5.74) is 2.22. The second-order valence-corrected chi connectivity index (χ2v) is 9.30. The molecule has 5 nitrogen and oxygen atoms in total. The van der Waals surface area contributed by atoms with E-state index in [0.717, 1.165) is 23.4 Å². The number of carbonyl (C=O) groups excluding carboxylic acids is 2. The van der Waals surface area contributed by atoms with Gasteiger partial charge in [-0.3, -0.25) is 9.69 Å². The van der Waals surface area contributed by atoms with Crippen LogP contribution in [0.1, 0.15) is 42.3 Å². The Morgan fingerprint density at radius 2 is 1.63 bits per heavy atom. The van der Waals surface area contributed by atoms with E-state index in [-0.39, 0.29) is 5.91 Å². The van der Waals surface area contributed by atoms with Crippen LogP contribution in [0, 0.1) is 0 Å². The summed E-state index contributed by atoms with van der Waals surface area (Å²) in [7, 11) is 0. The maximum Gasteiger partial charge on any atom is 0.416 e. The van der Waals surface area contributed by atoms with Crippen LogP contribution in [0.25, 0.3) is 11.1 Å². The Bertz CT molecular complexity index is 1260. The first-order chi connectivity index (χ1) is 16.4. The minimum absolute atomic E-state index is 0.336. The molecule has 0 aromatic heterocycles. The number of carbonyl (C=O) groups is 2. The zero-order valence-electron chi connectivity index (χ0n) is 19.6. The molecule has 0 saturated carbocycles. The topological polar surface area (TPSA) is 58.6 Å². The Kier molecular flexibility index (Phi) is 6.32. The highest BCUT2D eigenvalue weighted by molar-refractivity contribution is 6.09. The van der Waals surface area contributed by atoms with E-state index in [1.807, 2.05) is 26.8 Å². The van der Waals surface area contributed by atoms with Gasteiger partial charge < -0.3 is 10.1 Å². The lowest BCUT2D eigenvalue weighted by molar-refractivity contribution is -0.137. The van der Waals surface area contributed by atoms with Gasteiger partial charge in [-0.1, -0.05) is 30.3 Å². The van der Waals surface area contributed by atoms with Gasteiger partial charge in [-0.2, -0.15) is 13.2 Å². The van der Waals surface area contributed by atoms with Crippen LogP contribution in [0.5, 0.6) is 0 Å². The zero-order valence-corrected chi connectivity index (χ0v) is 19.6. The average Bonchev–Trinajstić information content (AvgIpc) is 3.21. The molecule has 1 aliphatic heterocycles. The first kappa shape index (κ1) is 24.3. The number of amides is 2. The second-order valence-electron chi connectivity index (χ2n) is 9.30. The molecule has 0 radical (unpaired) electrons. The van der Waals surface area contributed by atoms with Crippen molar-refractivity contribution in [1.29, 1.82) is 0 Å². The molecular weight excluding hydrogens is 457 g/mol. The Balaban J connectivity index is 1.53. The number of alkyl halides is 3. The Labute approximate surface area is 201 Å². The van der Waals surface area contributed by atoms with E-state index in [4.69, 9.17) is 4.74 Å². The van der Waals surface area contributed by atoms with Crippen molar-refractivity contribution in [2.45, 2.75) is 39.0 Å². The van der Waals surface area contributed by atoms with Crippen LogP contribution >= 0.6 is 0 Å². The van der Waals surface area contributed by atoms with Crippen molar-refractivity contribution in [2.24, 2.45) is 0 Å². The van der Waals surface area contributed by atoms with Crippen LogP contribution in [0.4, 0.5) is 29.3 Å². The molecule has 3 aromatic carbocycles. The van der Waals surface area contributed by atoms with Crippen molar-refractivity contribution < 1.29 is 27.5 Å². The minimum Gasteiger partial charge on any atom is -0.443 e. The molecule has 0 unspecified atom stereocenters. The third-order valence-electron chi connectivity index (χ3n) is 5.54. The predicted molar refractivity (Wildman–Crippen MR) is 129 cm³/mol. The van der Waals surface area contributed by atoms with Gasteiger partial charge in [0.2, 0.25) is 0 Å². The van der Waals surface area contributed by atoms with Crippen molar-refractivity contribution in [3.8, 4) is 11.1 Å². The van der Waals surface area contributed by atoms with Gasteiger partial charge in [0.05, 0.1) is 11.3 Å². The summed E-state index contributed by atoms with van der Waals surface area (Å²) in [5.74, 6) is -0.387. The van der Waals surface area contributed by atoms with Gasteiger partial charge in [0, 0.05) is 17.8 Å². The van der Waals surface area contributed by atoms with E-state index in [2.05, 4.69) is 5.32 Å². The van der Waals surface area contributed by atoms with Crippen molar-refractivity contribution in [1.82, 2.24) is 0 Å². The standard InChI is InChI=1S/C27H25F3N2O3/c1-26(2,3)35-25(34)32-15-14-18-16-20(12-13-23(18)32)31-24(33)22-7-5-4-6-21(22)17-8-10-19(11-9-17)27(28,29)30/h4-13,16H,14-15H2,1-3H3,(H,31,33). The molecule has 0 atom stereocenters. The van der Waals surface area contributed by atoms with Crippen molar-refractivity contribution >= 4 is 23.4 Å². The molecule has 0 aliphatic carbocycles. The number of ether oxygens (including phenoxy) is 1. The first-order valence-electron chi connectivity index (χ1n) is 11.1. The van der Waals surface area contributed by atoms with Gasteiger partial charge >= 0.3 is 12.3 Å². The summed E-state index contributed by atoms with van der Waals surface area (Å²) in [6.45, 7) is 5.91. The van der Waals surface area contributed by atoms with Crippen LogP contribution < -0.4 is 10.2 Å². The molecule has 0 bridgehead atoms. The zero-order chi connectivity index (χ0) is 25.4. The number of halogens is 3. The van der Waals surface area contributed by atoms with Crippen molar-refractivity contribution in [2.75, 3.05) is 16.8 Å². The molecule has 35 heavy (non-hydrogen) atoms. The molecule has 0 fully saturated rings. The van der Waals surface area contributed by atoms with E-state index < -0.39 is 23.4 Å². The lowest BCUT2D eigenvalue weighted by Crippen LogP contribution is -2.35. The molecule has 4 rings (SSSR count). The van der Waals surface area contributed by atoms with Gasteiger partial charge in [-0.25, -0.2) is 4.79 Å². The van der Waals surface area contributed by atoms with Crippen LogP contribution in [0.2, 0.25) is 0 Å². The van der Waals surface area contributed by atoms with Gasteiger partial charge in [0.25, 0.3) is 5.91 Å². The summed E-state index contributed by atoms with van der Waals surface area (Å²) in [6, 6.07) is 16.8. The molecule has 0 saturated heterocycles. The Hall–Kier alpha value is -3.81. The molecule has 1 aliphatic rings. The van der Waals surface area contributed by atoms with Gasteiger partial charge in [0.15, 0.2) is 0 Å². The van der Waals surface area contributed by atoms with Crippen LogP contribution in [-0.2, 0) is 17.3 Å². The number of anilines is 2. The third-order valence-corrected chi connectivity index (χ3v) is 5.54. The maximum atomic E-state index is 13.1. The quantitative estimate of drug-likeness (QED) is 0.441. The average molecular weight is 483 g/mol. The molecule has 182 valence electrons. The summed E-state index contributed by atoms with van der Waals surface area (Å²) in [6.07, 6.45) is -4.22. The van der Waals surface area contributed by atoms with Crippen LogP contribution in [0.3, 0.4) is 0 Å². The smallest absolute Gasteiger partial charge is 0.416 e. The number of benzene rings is 3. The predicted octanol–water partition coefficient (Wildman–Crippen LogP) is 6.92. The molecule has 8 heteroatoms. The molecular formula is C27H25F3N2O3. The fourth-order valence-electron chi connectivity index (χ4n) is 3.96. The molecule has 3 aromatic rings. The van der Waals surface area contributed by atoms with E-state index >= 15 is 0 Å². The lowest BCUT2D eigenvalue weighted by atomic mass is 9.98. The Morgan fingerprint density at radius 3 is 2.29 bits per heavy atom. The number of hydrogen-bond donors (Lipinski definition) is 1. The number of rotatable bonds is 3. The Morgan fingerprint density at radius 1 is 0.943 bits per heavy atom. The number of fused-ring (bicyclic) bond motifs is 1. The third kappa shape index (κ3) is 5.48. The first-order valence-corrected chi connectivity index (χ1v) is 11.1. The maximum absolute atomic E-state index is 13.1. The lowest BCUT2D eigenvalue weighted by Gasteiger charge is -2.24. The molecule has 2 amide bonds. The molecule has 1 heterocycles. The number of hydrogen-bond acceptors (Lipinski definition) is 3. The molecule has 0 spiro atoms. The summed E-state index contributed by atoms with van der Waals surface area (Å²) in [4.78, 5) is 27.2. The second kappa shape index (κ2) is 9.09. The number of nitrogens with one attached hydrogen (secondary N) is 1. The van der Waals surface area contributed by atoms with Crippen molar-refractivity contribution in [3.05, 3.63) is 83.4 Å². The SMILES string of the molecule is CC(C)(C)OC(=O)N1CCc2cc(NC(=O)c3ccccc3-c3ccc(C(F)(F)F)cc3)ccc21. The summed E-state index contributed by atoms with van der Waals surface area (Å²) < 4.78 is 44.2. The van der Waals surface area contributed by atoms with E-state index in [1.54, 1.807) is 41.3 Å². The fourth-order valence-corrected chi connectivity index (χ4v) is 3.96. The van der Waals surface area contributed by atoms with Gasteiger partial charge in [-0.15, -0.1) is 0 Å². The van der Waals surface area contributed by atoms with Gasteiger partial charge in [0.1, 0.15) is 5.60 Å². The summed E-state index contributed by atoms with van der Waals surface area (Å²) >= 11 is 0. The van der Waals surface area contributed by atoms with Crippen LogP contribution in [-0.4, -0.2) is 24.1 Å². The highest BCUT2D eigenvalue weighted by Gasteiger charge is 2.31. The fraction of sp³-hybridized carbons (Fsp3) is 0.259. The van der Waals surface area contributed by atoms with E-state index in [0.29, 0.717) is 35.3 Å². The van der Waals surface area contributed by atoms with Gasteiger partial charge in [-0.05, 0) is 80.3 Å². The summed E-state index contributed by atoms with van der Waals surface area (Å²) in [5, 5.41) is 2.86.